The molecule has 112 valence electrons. The summed E-state index contributed by atoms with van der Waals surface area (Å²) in [5.74, 6) is 0.196. The zero-order valence-electron chi connectivity index (χ0n) is 13.3. The fourth-order valence-electron chi connectivity index (χ4n) is 1.84. The Morgan fingerprint density at radius 2 is 1.63 bits per heavy atom. The van der Waals surface area contributed by atoms with Crippen LogP contribution in [0.1, 0.15) is 54.9 Å². The molecular weight excluding hydrogens is 242 g/mol. The van der Waals surface area contributed by atoms with Crippen molar-refractivity contribution in [2.75, 3.05) is 0 Å². The first-order valence-electron chi connectivity index (χ1n) is 6.99. The van der Waals surface area contributed by atoms with Crippen molar-refractivity contribution in [3.63, 3.8) is 0 Å². The molecule has 0 fully saturated rings. The second-order valence-corrected chi connectivity index (χ2v) is 5.96. The van der Waals surface area contributed by atoms with Gasteiger partial charge in [-0.05, 0) is 52.5 Å². The highest BCUT2D eigenvalue weighted by Gasteiger charge is 2.21. The van der Waals surface area contributed by atoms with Crippen LogP contribution in [0, 0.1) is 5.92 Å². The number of nitrogens with zero attached hydrogens (tertiary/aromatic N) is 1. The van der Waals surface area contributed by atoms with Crippen LogP contribution in [0.4, 0.5) is 4.79 Å². The first kappa shape index (κ1) is 18.0. The van der Waals surface area contributed by atoms with Gasteiger partial charge < -0.3 is 14.7 Å². The summed E-state index contributed by atoms with van der Waals surface area (Å²) in [4.78, 5) is 13.6. The van der Waals surface area contributed by atoms with E-state index >= 15 is 0 Å². The number of carbonyl (C=O) groups is 1. The van der Waals surface area contributed by atoms with Crippen molar-refractivity contribution in [1.29, 1.82) is 0 Å². The van der Waals surface area contributed by atoms with Crippen molar-refractivity contribution in [3.8, 4) is 0 Å². The summed E-state index contributed by atoms with van der Waals surface area (Å²) in [6, 6.07) is 0.199. The normalized spacial score (nSPS) is 14.2. The average Bonchev–Trinajstić information content (AvgIpc) is 2.25. The van der Waals surface area contributed by atoms with Crippen molar-refractivity contribution >= 4 is 6.09 Å². The van der Waals surface area contributed by atoms with Crippen LogP contribution < -0.4 is 0 Å². The Hall–Kier alpha value is -1.03. The largest absolute Gasteiger partial charge is 0.418 e. The van der Waals surface area contributed by atoms with Gasteiger partial charge in [0.25, 0.3) is 0 Å². The molecular formula is C15H29NO3. The highest BCUT2D eigenvalue weighted by molar-refractivity contribution is 5.69. The Labute approximate surface area is 117 Å². The molecule has 4 heteroatoms. The molecule has 19 heavy (non-hydrogen) atoms. The quantitative estimate of drug-likeness (QED) is 0.752. The number of rotatable bonds is 6. The Kier molecular flexibility index (Phi) is 7.76. The fraction of sp³-hybridized carbons (Fsp3) is 0.800. The first-order chi connectivity index (χ1) is 8.66. The lowest BCUT2D eigenvalue weighted by molar-refractivity contribution is 0.106. The molecule has 1 amide bonds. The van der Waals surface area contributed by atoms with Crippen LogP contribution in [-0.2, 0) is 4.74 Å². The topological polar surface area (TPSA) is 49.8 Å². The zero-order chi connectivity index (χ0) is 15.2. The monoisotopic (exact) mass is 271 g/mol. The summed E-state index contributed by atoms with van der Waals surface area (Å²) < 4.78 is 5.18. The van der Waals surface area contributed by atoms with Gasteiger partial charge in [-0.1, -0.05) is 13.8 Å². The molecule has 1 unspecified atom stereocenters. The minimum absolute atomic E-state index is 0.0995. The first-order valence-corrected chi connectivity index (χ1v) is 6.99. The molecule has 0 aliphatic rings. The van der Waals surface area contributed by atoms with E-state index in [0.29, 0.717) is 6.42 Å². The summed E-state index contributed by atoms with van der Waals surface area (Å²) >= 11 is 0. The minimum Gasteiger partial charge on any atom is -0.418 e. The van der Waals surface area contributed by atoms with Gasteiger partial charge in [-0.25, -0.2) is 4.79 Å². The Morgan fingerprint density at radius 3 is 2.00 bits per heavy atom. The van der Waals surface area contributed by atoms with E-state index in [4.69, 9.17) is 4.74 Å². The summed E-state index contributed by atoms with van der Waals surface area (Å²) in [5.41, 5.74) is 0.863. The van der Waals surface area contributed by atoms with E-state index in [0.717, 1.165) is 5.57 Å². The van der Waals surface area contributed by atoms with Gasteiger partial charge in [-0.15, -0.1) is 0 Å². The number of aliphatic hydroxyl groups is 1. The van der Waals surface area contributed by atoms with Crippen molar-refractivity contribution in [2.24, 2.45) is 5.92 Å². The van der Waals surface area contributed by atoms with Gasteiger partial charge in [-0.3, -0.25) is 0 Å². The standard InChI is InChI=1S/C15H29NO3/c1-10(2)14(17)8-13(7)9-19-15(18)16(11(3)4)12(5)6/h9-12,14,17H,8H2,1-7H3/b13-9-. The van der Waals surface area contributed by atoms with Crippen molar-refractivity contribution < 1.29 is 14.6 Å². The maximum absolute atomic E-state index is 11.9. The van der Waals surface area contributed by atoms with Crippen LogP contribution >= 0.6 is 0 Å². The molecule has 0 aromatic heterocycles. The predicted molar refractivity (Wildman–Crippen MR) is 77.8 cm³/mol. The second-order valence-electron chi connectivity index (χ2n) is 5.96. The van der Waals surface area contributed by atoms with Crippen LogP contribution in [0.3, 0.4) is 0 Å². The van der Waals surface area contributed by atoms with Gasteiger partial charge >= 0.3 is 6.09 Å². The number of amides is 1. The molecule has 0 aliphatic carbocycles. The van der Waals surface area contributed by atoms with Gasteiger partial charge in [0.1, 0.15) is 0 Å². The van der Waals surface area contributed by atoms with E-state index in [1.165, 1.54) is 6.26 Å². The zero-order valence-corrected chi connectivity index (χ0v) is 13.3. The molecule has 0 aliphatic heterocycles. The molecule has 0 aromatic rings. The third-order valence-corrected chi connectivity index (χ3v) is 2.99. The number of aliphatic hydroxyl groups excluding tert-OH is 1. The van der Waals surface area contributed by atoms with Gasteiger partial charge in [0.15, 0.2) is 0 Å². The molecule has 0 saturated carbocycles. The van der Waals surface area contributed by atoms with Gasteiger partial charge in [-0.2, -0.15) is 0 Å². The van der Waals surface area contributed by atoms with E-state index in [9.17, 15) is 9.90 Å². The molecule has 0 rings (SSSR count). The molecule has 0 saturated heterocycles. The lowest BCUT2D eigenvalue weighted by Gasteiger charge is -2.29. The lowest BCUT2D eigenvalue weighted by atomic mass is 10.0. The van der Waals surface area contributed by atoms with Crippen LogP contribution in [0.5, 0.6) is 0 Å². The van der Waals surface area contributed by atoms with Crippen LogP contribution in [0.25, 0.3) is 0 Å². The highest BCUT2D eigenvalue weighted by atomic mass is 16.5. The summed E-state index contributed by atoms with van der Waals surface area (Å²) in [6.07, 6.45) is 1.23. The number of hydrogen-bond donors (Lipinski definition) is 1. The predicted octanol–water partition coefficient (Wildman–Crippen LogP) is 3.55. The van der Waals surface area contributed by atoms with Crippen molar-refractivity contribution in [2.45, 2.75) is 73.1 Å². The smallest absolute Gasteiger partial charge is 0.415 e. The van der Waals surface area contributed by atoms with Gasteiger partial charge in [0, 0.05) is 12.1 Å². The summed E-state index contributed by atoms with van der Waals surface area (Å²) in [6.45, 7) is 13.6. The second kappa shape index (κ2) is 8.20. The number of ether oxygens (including phenoxy) is 1. The lowest BCUT2D eigenvalue weighted by Crippen LogP contribution is -2.41. The molecule has 0 aromatic carbocycles. The van der Waals surface area contributed by atoms with Crippen molar-refractivity contribution in [3.05, 3.63) is 11.8 Å². The van der Waals surface area contributed by atoms with E-state index in [1.807, 2.05) is 48.5 Å². The highest BCUT2D eigenvalue weighted by Crippen LogP contribution is 2.13. The maximum atomic E-state index is 11.9. The van der Waals surface area contributed by atoms with E-state index in [2.05, 4.69) is 0 Å². The maximum Gasteiger partial charge on any atom is 0.415 e. The summed E-state index contributed by atoms with van der Waals surface area (Å²) in [7, 11) is 0. The molecule has 1 atom stereocenters. The molecule has 0 heterocycles. The fourth-order valence-corrected chi connectivity index (χ4v) is 1.84. The minimum atomic E-state index is -0.402. The Balaban J connectivity index is 4.48. The van der Waals surface area contributed by atoms with E-state index in [1.54, 1.807) is 4.90 Å². The van der Waals surface area contributed by atoms with Crippen molar-refractivity contribution in [1.82, 2.24) is 4.90 Å². The third-order valence-electron chi connectivity index (χ3n) is 2.99. The third kappa shape index (κ3) is 6.62. The molecule has 1 N–H and O–H groups in total. The average molecular weight is 271 g/mol. The molecule has 4 nitrogen and oxygen atoms in total. The van der Waals surface area contributed by atoms with Gasteiger partial charge in [0.2, 0.25) is 0 Å². The molecule has 0 radical (unpaired) electrons. The van der Waals surface area contributed by atoms with Crippen LogP contribution in [-0.4, -0.2) is 34.3 Å². The Bertz CT molecular complexity index is 301. The molecule has 0 spiro atoms. The Morgan fingerprint density at radius 1 is 1.16 bits per heavy atom. The van der Waals surface area contributed by atoms with E-state index in [-0.39, 0.29) is 24.1 Å². The number of hydrogen-bond acceptors (Lipinski definition) is 3. The van der Waals surface area contributed by atoms with Gasteiger partial charge in [0.05, 0.1) is 12.4 Å². The van der Waals surface area contributed by atoms with E-state index < -0.39 is 6.10 Å². The number of carbonyl (C=O) groups excluding carboxylic acids is 1. The SMILES string of the molecule is C/C(=C/OC(=O)N(C(C)C)C(C)C)CC(O)C(C)C. The molecule has 0 bridgehead atoms. The van der Waals surface area contributed by atoms with Crippen LogP contribution in [0.15, 0.2) is 11.8 Å². The van der Waals surface area contributed by atoms with Crippen LogP contribution in [0.2, 0.25) is 0 Å². The summed E-state index contributed by atoms with van der Waals surface area (Å²) in [5, 5.41) is 9.76.